The number of hydrogen-bond acceptors (Lipinski definition) is 5. The Balaban J connectivity index is 1.87. The summed E-state index contributed by atoms with van der Waals surface area (Å²) >= 11 is 0. The fourth-order valence-corrected chi connectivity index (χ4v) is 2.14. The number of nitrogens with one attached hydrogen (secondary N) is 1. The zero-order chi connectivity index (χ0) is 12.4. The largest absolute Gasteiger partial charge is 0.334 e. The highest BCUT2D eigenvalue weighted by atomic mass is 19.1. The van der Waals surface area contributed by atoms with E-state index in [9.17, 15) is 4.39 Å². The summed E-state index contributed by atoms with van der Waals surface area (Å²) in [7, 11) is 0. The van der Waals surface area contributed by atoms with E-state index >= 15 is 0 Å². The van der Waals surface area contributed by atoms with Crippen LogP contribution in [-0.4, -0.2) is 28.2 Å². The van der Waals surface area contributed by atoms with Gasteiger partial charge in [-0.05, 0) is 32.0 Å². The highest BCUT2D eigenvalue weighted by Crippen LogP contribution is 2.26. The number of rotatable bonds is 2. The van der Waals surface area contributed by atoms with E-state index in [1.165, 1.54) is 12.3 Å². The molecule has 3 rings (SSSR count). The average molecular weight is 248 g/mol. The minimum atomic E-state index is -0.446. The molecule has 0 radical (unpaired) electrons. The van der Waals surface area contributed by atoms with Crippen molar-refractivity contribution in [3.8, 4) is 11.5 Å². The van der Waals surface area contributed by atoms with Crippen LogP contribution < -0.4 is 5.32 Å². The molecule has 1 saturated heterocycles. The molecule has 1 fully saturated rings. The lowest BCUT2D eigenvalue weighted by Gasteiger charge is -2.18. The predicted octanol–water partition coefficient (Wildman–Crippen LogP) is 1.74. The lowest BCUT2D eigenvalue weighted by atomic mass is 9.98. The van der Waals surface area contributed by atoms with Gasteiger partial charge in [-0.25, -0.2) is 4.39 Å². The predicted molar refractivity (Wildman–Crippen MR) is 62.3 cm³/mol. The molecule has 2 aromatic heterocycles. The second-order valence-corrected chi connectivity index (χ2v) is 4.34. The SMILES string of the molecule is Fc1cnccc1-c1nc(C2CCNCC2)no1. The molecule has 18 heavy (non-hydrogen) atoms. The maximum Gasteiger partial charge on any atom is 0.261 e. The lowest BCUT2D eigenvalue weighted by Crippen LogP contribution is -2.27. The van der Waals surface area contributed by atoms with Gasteiger partial charge in [-0.15, -0.1) is 0 Å². The third-order valence-electron chi connectivity index (χ3n) is 3.15. The van der Waals surface area contributed by atoms with E-state index in [1.807, 2.05) is 0 Å². The highest BCUT2D eigenvalue weighted by Gasteiger charge is 2.22. The Bertz CT molecular complexity index is 536. The van der Waals surface area contributed by atoms with Crippen molar-refractivity contribution in [2.45, 2.75) is 18.8 Å². The summed E-state index contributed by atoms with van der Waals surface area (Å²) in [6, 6.07) is 1.54. The maximum absolute atomic E-state index is 13.5. The number of piperidine rings is 1. The van der Waals surface area contributed by atoms with Crippen LogP contribution in [0, 0.1) is 5.82 Å². The van der Waals surface area contributed by atoms with E-state index in [0.717, 1.165) is 32.1 Å². The van der Waals surface area contributed by atoms with Gasteiger partial charge < -0.3 is 9.84 Å². The summed E-state index contributed by atoms with van der Waals surface area (Å²) in [6.45, 7) is 1.91. The van der Waals surface area contributed by atoms with Gasteiger partial charge in [-0.1, -0.05) is 5.16 Å². The third-order valence-corrected chi connectivity index (χ3v) is 3.15. The molecule has 6 heteroatoms. The van der Waals surface area contributed by atoms with Crippen molar-refractivity contribution in [1.82, 2.24) is 20.4 Å². The average Bonchev–Trinajstić information content (AvgIpc) is 2.90. The molecule has 1 aliphatic rings. The second-order valence-electron chi connectivity index (χ2n) is 4.34. The number of halogens is 1. The Morgan fingerprint density at radius 1 is 1.33 bits per heavy atom. The molecule has 0 aliphatic carbocycles. The molecule has 0 unspecified atom stereocenters. The molecule has 2 aromatic rings. The van der Waals surface area contributed by atoms with Gasteiger partial charge in [0.15, 0.2) is 11.6 Å². The van der Waals surface area contributed by atoms with Gasteiger partial charge in [0.05, 0.1) is 11.8 Å². The Morgan fingerprint density at radius 3 is 2.94 bits per heavy atom. The molecule has 0 bridgehead atoms. The van der Waals surface area contributed by atoms with Gasteiger partial charge in [0.25, 0.3) is 5.89 Å². The number of pyridine rings is 1. The van der Waals surface area contributed by atoms with E-state index in [0.29, 0.717) is 17.3 Å². The van der Waals surface area contributed by atoms with Crippen molar-refractivity contribution in [2.24, 2.45) is 0 Å². The minimum Gasteiger partial charge on any atom is -0.334 e. The van der Waals surface area contributed by atoms with Crippen LogP contribution in [-0.2, 0) is 0 Å². The molecule has 0 atom stereocenters. The van der Waals surface area contributed by atoms with Gasteiger partial charge in [0.2, 0.25) is 0 Å². The minimum absolute atomic E-state index is 0.225. The molecular weight excluding hydrogens is 235 g/mol. The summed E-state index contributed by atoms with van der Waals surface area (Å²) in [5, 5.41) is 7.23. The highest BCUT2D eigenvalue weighted by molar-refractivity contribution is 5.52. The van der Waals surface area contributed by atoms with Crippen molar-refractivity contribution in [2.75, 3.05) is 13.1 Å². The van der Waals surface area contributed by atoms with Crippen LogP contribution >= 0.6 is 0 Å². The van der Waals surface area contributed by atoms with E-state index in [2.05, 4.69) is 20.4 Å². The zero-order valence-electron chi connectivity index (χ0n) is 9.77. The van der Waals surface area contributed by atoms with Crippen LogP contribution in [0.25, 0.3) is 11.5 Å². The number of nitrogens with zero attached hydrogens (tertiary/aromatic N) is 3. The summed E-state index contributed by atoms with van der Waals surface area (Å²) in [6.07, 6.45) is 4.62. The van der Waals surface area contributed by atoms with Crippen molar-refractivity contribution in [3.05, 3.63) is 30.1 Å². The number of hydrogen-bond donors (Lipinski definition) is 1. The Labute approximate surface area is 103 Å². The summed E-state index contributed by atoms with van der Waals surface area (Å²) in [5.41, 5.74) is 0.303. The van der Waals surface area contributed by atoms with Crippen molar-refractivity contribution in [1.29, 1.82) is 0 Å². The first kappa shape index (κ1) is 11.3. The Morgan fingerprint density at radius 2 is 2.17 bits per heavy atom. The topological polar surface area (TPSA) is 63.8 Å². The molecule has 1 N–H and O–H groups in total. The molecule has 94 valence electrons. The molecule has 0 spiro atoms. The van der Waals surface area contributed by atoms with E-state index in [1.54, 1.807) is 0 Å². The van der Waals surface area contributed by atoms with Crippen LogP contribution in [0.3, 0.4) is 0 Å². The zero-order valence-corrected chi connectivity index (χ0v) is 9.77. The van der Waals surface area contributed by atoms with Crippen LogP contribution in [0.15, 0.2) is 23.0 Å². The molecule has 1 aliphatic heterocycles. The van der Waals surface area contributed by atoms with Crippen LogP contribution in [0.2, 0.25) is 0 Å². The van der Waals surface area contributed by atoms with Gasteiger partial charge >= 0.3 is 0 Å². The van der Waals surface area contributed by atoms with E-state index in [-0.39, 0.29) is 5.89 Å². The standard InChI is InChI=1S/C12H13FN4O/c13-10-7-15-6-3-9(10)12-16-11(17-18-12)8-1-4-14-5-2-8/h3,6-8,14H,1-2,4-5H2. The Hall–Kier alpha value is -1.82. The number of aromatic nitrogens is 3. The van der Waals surface area contributed by atoms with Crippen molar-refractivity contribution >= 4 is 0 Å². The van der Waals surface area contributed by atoms with E-state index in [4.69, 9.17) is 4.52 Å². The first-order valence-corrected chi connectivity index (χ1v) is 5.99. The summed E-state index contributed by atoms with van der Waals surface area (Å²) in [4.78, 5) is 7.99. The quantitative estimate of drug-likeness (QED) is 0.877. The van der Waals surface area contributed by atoms with Crippen molar-refractivity contribution < 1.29 is 8.91 Å². The monoisotopic (exact) mass is 248 g/mol. The van der Waals surface area contributed by atoms with Crippen molar-refractivity contribution in [3.63, 3.8) is 0 Å². The van der Waals surface area contributed by atoms with Crippen LogP contribution in [0.5, 0.6) is 0 Å². The van der Waals surface area contributed by atoms with Gasteiger partial charge in [0, 0.05) is 12.1 Å². The third kappa shape index (κ3) is 2.11. The molecule has 0 aromatic carbocycles. The normalized spacial score (nSPS) is 16.9. The fraction of sp³-hybridized carbons (Fsp3) is 0.417. The van der Waals surface area contributed by atoms with Gasteiger partial charge in [-0.3, -0.25) is 4.98 Å². The maximum atomic E-state index is 13.5. The first-order chi connectivity index (χ1) is 8.84. The van der Waals surface area contributed by atoms with E-state index < -0.39 is 5.82 Å². The second kappa shape index (κ2) is 4.81. The lowest BCUT2D eigenvalue weighted by molar-refractivity contribution is 0.391. The van der Waals surface area contributed by atoms with Crippen LogP contribution in [0.4, 0.5) is 4.39 Å². The molecule has 3 heterocycles. The summed E-state index contributed by atoms with van der Waals surface area (Å²) in [5.74, 6) is 0.748. The Kier molecular flexibility index (Phi) is 3.02. The first-order valence-electron chi connectivity index (χ1n) is 5.99. The smallest absolute Gasteiger partial charge is 0.261 e. The van der Waals surface area contributed by atoms with Gasteiger partial charge in [-0.2, -0.15) is 4.98 Å². The van der Waals surface area contributed by atoms with Gasteiger partial charge in [0.1, 0.15) is 0 Å². The molecular formula is C12H13FN4O. The molecule has 5 nitrogen and oxygen atoms in total. The molecule has 0 amide bonds. The summed E-state index contributed by atoms with van der Waals surface area (Å²) < 4.78 is 18.7. The molecule has 0 saturated carbocycles. The van der Waals surface area contributed by atoms with Crippen LogP contribution in [0.1, 0.15) is 24.6 Å². The fourth-order valence-electron chi connectivity index (χ4n) is 2.14.